The van der Waals surface area contributed by atoms with Gasteiger partial charge in [-0.1, -0.05) is 274 Å². The Kier molecular flexibility index (Phi) is 55.7. The fourth-order valence-electron chi connectivity index (χ4n) is 9.43. The number of rotatable bonds is 56. The second-order valence-electron chi connectivity index (χ2n) is 21.0. The number of aliphatic hydroxyl groups excluding tert-OH is 4. The fraction of sp³-hybridized carbons (Fsp3) is 0.857. The molecule has 0 aromatic carbocycles. The molecule has 0 radical (unpaired) electrons. The number of allylic oxidation sites excluding steroid dienone is 8. The highest BCUT2D eigenvalue weighted by Gasteiger charge is 2.28. The van der Waals surface area contributed by atoms with Crippen LogP contribution in [0.1, 0.15) is 316 Å². The van der Waals surface area contributed by atoms with Crippen LogP contribution in [0, 0.1) is 0 Å². The van der Waals surface area contributed by atoms with Gasteiger partial charge in [0.2, 0.25) is 5.91 Å². The summed E-state index contributed by atoms with van der Waals surface area (Å²) in [6.45, 7) is 4.07. The Labute approximate surface area is 429 Å². The highest BCUT2D eigenvalue weighted by atomic mass is 16.3. The molecule has 0 aliphatic heterocycles. The van der Waals surface area contributed by atoms with Crippen molar-refractivity contribution >= 4 is 5.91 Å². The van der Waals surface area contributed by atoms with E-state index in [9.17, 15) is 25.2 Å². The van der Waals surface area contributed by atoms with Gasteiger partial charge in [-0.05, 0) is 89.9 Å². The minimum atomic E-state index is -1.30. The van der Waals surface area contributed by atoms with Gasteiger partial charge in [-0.3, -0.25) is 4.79 Å². The van der Waals surface area contributed by atoms with Crippen molar-refractivity contribution in [2.45, 2.75) is 340 Å². The number of carbonyl (C=O) groups is 1. The number of amides is 1. The highest BCUT2D eigenvalue weighted by molar-refractivity contribution is 5.80. The lowest BCUT2D eigenvalue weighted by molar-refractivity contribution is -0.132. The minimum absolute atomic E-state index is 0.356. The van der Waals surface area contributed by atoms with Gasteiger partial charge in [0.05, 0.1) is 18.8 Å². The summed E-state index contributed by atoms with van der Waals surface area (Å²) in [6, 6.07) is -1.01. The molecule has 5 N–H and O–H groups in total. The molecule has 0 bridgehead atoms. The monoisotopic (exact) mass is 970 g/mol. The smallest absolute Gasteiger partial charge is 0.249 e. The van der Waals surface area contributed by atoms with E-state index < -0.39 is 36.9 Å². The van der Waals surface area contributed by atoms with Gasteiger partial charge in [0.1, 0.15) is 12.2 Å². The van der Waals surface area contributed by atoms with Crippen molar-refractivity contribution in [1.82, 2.24) is 5.32 Å². The molecule has 0 saturated carbocycles. The summed E-state index contributed by atoms with van der Waals surface area (Å²) in [4.78, 5) is 12.6. The minimum Gasteiger partial charge on any atom is -0.394 e. The van der Waals surface area contributed by atoms with Crippen molar-refractivity contribution < 1.29 is 25.2 Å². The van der Waals surface area contributed by atoms with Crippen LogP contribution in [0.3, 0.4) is 0 Å². The third-order valence-electron chi connectivity index (χ3n) is 14.2. The lowest BCUT2D eigenvalue weighted by atomic mass is 10.00. The molecule has 0 rings (SSSR count). The van der Waals surface area contributed by atoms with E-state index in [-0.39, 0.29) is 0 Å². The average Bonchev–Trinajstić information content (AvgIpc) is 3.35. The Hall–Kier alpha value is -1.73. The number of hydrogen-bond acceptors (Lipinski definition) is 5. The van der Waals surface area contributed by atoms with Gasteiger partial charge in [-0.15, -0.1) is 0 Å². The van der Waals surface area contributed by atoms with Crippen molar-refractivity contribution in [1.29, 1.82) is 0 Å². The summed E-state index contributed by atoms with van der Waals surface area (Å²) in [5.74, 6) is -0.599. The van der Waals surface area contributed by atoms with Gasteiger partial charge >= 0.3 is 0 Å². The molecule has 69 heavy (non-hydrogen) atoms. The van der Waals surface area contributed by atoms with Gasteiger partial charge in [-0.25, -0.2) is 0 Å². The standard InChI is InChI=1S/C63H119NO5/c1-3-5-7-9-11-13-15-17-19-21-23-25-27-29-30-31-33-34-36-38-40-42-44-46-48-50-52-54-56-60(66)62(68)59(58-65)64-63(69)61(67)57-55-53-51-49-47-45-43-41-39-37-35-32-28-26-24-22-20-18-16-14-12-10-8-6-4-2/h32-35,40,42,48,50,59-62,65-68H,3-31,36-39,41,43-47,49,51-58H2,1-2H3,(H,64,69)/b34-33+,35-32-,42-40+,50-48+. The van der Waals surface area contributed by atoms with Gasteiger partial charge in [0.25, 0.3) is 0 Å². The molecule has 0 aliphatic rings. The van der Waals surface area contributed by atoms with Crippen LogP contribution in [-0.2, 0) is 4.79 Å². The van der Waals surface area contributed by atoms with Crippen molar-refractivity contribution in [3.63, 3.8) is 0 Å². The number of aliphatic hydroxyl groups is 4. The van der Waals surface area contributed by atoms with Gasteiger partial charge in [0.15, 0.2) is 0 Å². The Bertz CT molecular complexity index is 1130. The normalized spacial score (nSPS) is 14.0. The first-order valence-electron chi connectivity index (χ1n) is 30.5. The van der Waals surface area contributed by atoms with E-state index in [0.717, 1.165) is 51.4 Å². The first-order valence-corrected chi connectivity index (χ1v) is 30.5. The SMILES string of the molecule is CCCCCCCCCCCCCC/C=C\CCCCCCCCCCCC(O)C(=O)NC(CO)C(O)C(O)CCC/C=C/CC/C=C/CC/C=C/CCCCCCCCCCCCCCCCC. The van der Waals surface area contributed by atoms with Crippen molar-refractivity contribution in [3.8, 4) is 0 Å². The molecule has 0 spiro atoms. The lowest BCUT2D eigenvalue weighted by Gasteiger charge is -2.27. The zero-order chi connectivity index (χ0) is 50.2. The largest absolute Gasteiger partial charge is 0.394 e. The summed E-state index contributed by atoms with van der Waals surface area (Å²) < 4.78 is 0. The van der Waals surface area contributed by atoms with Crippen LogP contribution < -0.4 is 5.32 Å². The Morgan fingerprint density at radius 1 is 0.348 bits per heavy atom. The van der Waals surface area contributed by atoms with Crippen LogP contribution in [0.2, 0.25) is 0 Å². The first kappa shape index (κ1) is 67.3. The second kappa shape index (κ2) is 57.2. The van der Waals surface area contributed by atoms with Crippen molar-refractivity contribution in [2.75, 3.05) is 6.61 Å². The maximum atomic E-state index is 12.6. The maximum absolute atomic E-state index is 12.6. The maximum Gasteiger partial charge on any atom is 0.249 e. The third kappa shape index (κ3) is 51.0. The second-order valence-corrected chi connectivity index (χ2v) is 21.0. The lowest BCUT2D eigenvalue weighted by Crippen LogP contribution is -2.53. The van der Waals surface area contributed by atoms with E-state index >= 15 is 0 Å². The van der Waals surface area contributed by atoms with E-state index in [2.05, 4.69) is 67.8 Å². The van der Waals surface area contributed by atoms with Gasteiger partial charge < -0.3 is 25.7 Å². The molecule has 1 amide bonds. The Morgan fingerprint density at radius 3 is 0.913 bits per heavy atom. The third-order valence-corrected chi connectivity index (χ3v) is 14.2. The molecule has 0 aromatic heterocycles. The topological polar surface area (TPSA) is 110 Å². The van der Waals surface area contributed by atoms with E-state index in [1.54, 1.807) is 0 Å². The predicted molar refractivity (Wildman–Crippen MR) is 302 cm³/mol. The van der Waals surface area contributed by atoms with Crippen molar-refractivity contribution in [3.05, 3.63) is 48.6 Å². The molecule has 0 heterocycles. The Balaban J connectivity index is 3.69. The molecule has 0 fully saturated rings. The van der Waals surface area contributed by atoms with Gasteiger partial charge in [-0.2, -0.15) is 0 Å². The summed E-state index contributed by atoms with van der Waals surface area (Å²) in [7, 11) is 0. The molecule has 6 nitrogen and oxygen atoms in total. The van der Waals surface area contributed by atoms with E-state index in [0.29, 0.717) is 19.3 Å². The van der Waals surface area contributed by atoms with Crippen LogP contribution in [0.15, 0.2) is 48.6 Å². The fourth-order valence-corrected chi connectivity index (χ4v) is 9.43. The zero-order valence-corrected chi connectivity index (χ0v) is 46.1. The molecule has 0 aromatic rings. The number of hydrogen-bond donors (Lipinski definition) is 5. The average molecular weight is 971 g/mol. The summed E-state index contributed by atoms with van der Waals surface area (Å²) in [5.41, 5.74) is 0. The Morgan fingerprint density at radius 2 is 0.609 bits per heavy atom. The summed E-state index contributed by atoms with van der Waals surface area (Å²) >= 11 is 0. The molecular weight excluding hydrogens is 851 g/mol. The van der Waals surface area contributed by atoms with E-state index in [1.165, 1.54) is 231 Å². The van der Waals surface area contributed by atoms with Crippen LogP contribution >= 0.6 is 0 Å². The van der Waals surface area contributed by atoms with Crippen LogP contribution in [0.5, 0.6) is 0 Å². The molecule has 406 valence electrons. The van der Waals surface area contributed by atoms with Crippen LogP contribution in [0.4, 0.5) is 0 Å². The zero-order valence-electron chi connectivity index (χ0n) is 46.1. The van der Waals surface area contributed by atoms with Gasteiger partial charge in [0, 0.05) is 0 Å². The first-order chi connectivity index (χ1) is 34.0. The predicted octanol–water partition coefficient (Wildman–Crippen LogP) is 18.1. The van der Waals surface area contributed by atoms with Crippen molar-refractivity contribution in [2.24, 2.45) is 0 Å². The number of carbonyl (C=O) groups excluding carboxylic acids is 1. The summed E-state index contributed by atoms with van der Waals surface area (Å²) in [6.07, 6.45) is 73.4. The molecule has 4 unspecified atom stereocenters. The molecule has 0 aliphatic carbocycles. The quantitative estimate of drug-likeness (QED) is 0.0308. The molecule has 0 saturated heterocycles. The van der Waals surface area contributed by atoms with Crippen LogP contribution in [0.25, 0.3) is 0 Å². The number of unbranched alkanes of at least 4 members (excludes halogenated alkanes) is 39. The summed E-state index contributed by atoms with van der Waals surface area (Å²) in [5, 5.41) is 44.0. The van der Waals surface area contributed by atoms with Crippen LogP contribution in [-0.4, -0.2) is 57.3 Å². The van der Waals surface area contributed by atoms with E-state index in [1.807, 2.05) is 0 Å². The molecular formula is C63H119NO5. The highest BCUT2D eigenvalue weighted by Crippen LogP contribution is 2.17. The number of nitrogens with one attached hydrogen (secondary N) is 1. The molecule has 6 heteroatoms. The molecule has 4 atom stereocenters. The van der Waals surface area contributed by atoms with E-state index in [4.69, 9.17) is 0 Å².